The minimum Gasteiger partial charge on any atom is -0.311 e. The van der Waals surface area contributed by atoms with E-state index in [1.165, 1.54) is 24.8 Å². The predicted molar refractivity (Wildman–Crippen MR) is 81.5 cm³/mol. The largest absolute Gasteiger partial charge is 0.311 e. The molecule has 0 radical (unpaired) electrons. The molecular formula is C16H26ClN. The molecule has 18 heavy (non-hydrogen) atoms. The van der Waals surface area contributed by atoms with Crippen LogP contribution < -0.4 is 5.32 Å². The Morgan fingerprint density at radius 2 is 1.78 bits per heavy atom. The highest BCUT2D eigenvalue weighted by Crippen LogP contribution is 2.23. The molecule has 1 aromatic rings. The van der Waals surface area contributed by atoms with Crippen molar-refractivity contribution in [1.82, 2.24) is 5.32 Å². The minimum absolute atomic E-state index is 0.177. The summed E-state index contributed by atoms with van der Waals surface area (Å²) in [5.74, 6) is 0.585. The molecular weight excluding hydrogens is 242 g/mol. The quantitative estimate of drug-likeness (QED) is 0.765. The molecule has 0 spiro atoms. The van der Waals surface area contributed by atoms with E-state index in [1.54, 1.807) is 0 Å². The third-order valence-electron chi connectivity index (χ3n) is 3.13. The minimum atomic E-state index is 0.177. The van der Waals surface area contributed by atoms with Gasteiger partial charge in [-0.1, -0.05) is 43.5 Å². The number of halogens is 1. The van der Waals surface area contributed by atoms with E-state index in [0.29, 0.717) is 5.92 Å². The van der Waals surface area contributed by atoms with Crippen LogP contribution >= 0.6 is 11.6 Å². The van der Waals surface area contributed by atoms with Crippen molar-refractivity contribution < 1.29 is 0 Å². The number of benzene rings is 1. The maximum absolute atomic E-state index is 5.95. The van der Waals surface area contributed by atoms with Crippen LogP contribution in [0.15, 0.2) is 24.3 Å². The van der Waals surface area contributed by atoms with Gasteiger partial charge in [-0.15, -0.1) is 0 Å². The van der Waals surface area contributed by atoms with E-state index in [0.717, 1.165) is 11.6 Å². The normalized spacial score (nSPS) is 13.6. The Labute approximate surface area is 117 Å². The summed E-state index contributed by atoms with van der Waals surface area (Å²) >= 11 is 5.95. The highest BCUT2D eigenvalue weighted by Gasteiger charge is 2.15. The van der Waals surface area contributed by atoms with Crippen LogP contribution in [0.25, 0.3) is 0 Å². The summed E-state index contributed by atoms with van der Waals surface area (Å²) in [6.45, 7) is 9.92. The van der Waals surface area contributed by atoms with Gasteiger partial charge in [0.2, 0.25) is 0 Å². The van der Waals surface area contributed by atoms with E-state index >= 15 is 0 Å². The third-order valence-corrected chi connectivity index (χ3v) is 3.38. The molecule has 0 aliphatic heterocycles. The first-order valence-electron chi connectivity index (χ1n) is 6.93. The lowest BCUT2D eigenvalue weighted by atomic mass is 9.92. The van der Waals surface area contributed by atoms with Gasteiger partial charge in [0, 0.05) is 17.1 Å². The first-order valence-corrected chi connectivity index (χ1v) is 7.30. The van der Waals surface area contributed by atoms with E-state index in [4.69, 9.17) is 11.6 Å². The molecule has 1 atom stereocenters. The zero-order valence-corrected chi connectivity index (χ0v) is 12.8. The monoisotopic (exact) mass is 267 g/mol. The summed E-state index contributed by atoms with van der Waals surface area (Å²) in [4.78, 5) is 0. The average Bonchev–Trinajstić information content (AvgIpc) is 2.29. The molecule has 0 aromatic heterocycles. The van der Waals surface area contributed by atoms with E-state index < -0.39 is 0 Å². The highest BCUT2D eigenvalue weighted by atomic mass is 35.5. The molecule has 0 aliphatic carbocycles. The summed E-state index contributed by atoms with van der Waals surface area (Å²) in [6.07, 6.45) is 3.76. The fraction of sp³-hybridized carbons (Fsp3) is 0.625. The van der Waals surface area contributed by atoms with E-state index in [-0.39, 0.29) is 5.54 Å². The van der Waals surface area contributed by atoms with Gasteiger partial charge in [-0.05, 0) is 50.8 Å². The number of hydrogen-bond acceptors (Lipinski definition) is 1. The highest BCUT2D eigenvalue weighted by molar-refractivity contribution is 6.30. The van der Waals surface area contributed by atoms with Crippen molar-refractivity contribution >= 4 is 11.6 Å². The summed E-state index contributed by atoms with van der Waals surface area (Å²) in [5, 5.41) is 4.43. The zero-order valence-electron chi connectivity index (χ0n) is 12.1. The van der Waals surface area contributed by atoms with Crippen LogP contribution in [0.2, 0.25) is 5.02 Å². The van der Waals surface area contributed by atoms with Crippen molar-refractivity contribution in [2.24, 2.45) is 0 Å². The number of nitrogens with one attached hydrogen (secondary N) is 1. The standard InChI is InChI=1S/C16H26ClN/c1-5-6-7-14(12-18-16(2,3)4)13-8-10-15(17)11-9-13/h8-11,14,18H,5-7,12H2,1-4H3. The molecule has 2 heteroatoms. The van der Waals surface area contributed by atoms with Crippen molar-refractivity contribution in [2.75, 3.05) is 6.54 Å². The first-order chi connectivity index (χ1) is 8.42. The van der Waals surface area contributed by atoms with Gasteiger partial charge in [-0.25, -0.2) is 0 Å². The molecule has 1 rings (SSSR count). The van der Waals surface area contributed by atoms with Gasteiger partial charge in [-0.2, -0.15) is 0 Å². The predicted octanol–water partition coefficient (Wildman–Crippen LogP) is 5.00. The summed E-state index contributed by atoms with van der Waals surface area (Å²) < 4.78 is 0. The topological polar surface area (TPSA) is 12.0 Å². The lowest BCUT2D eigenvalue weighted by molar-refractivity contribution is 0.396. The van der Waals surface area contributed by atoms with Crippen LogP contribution in [0.3, 0.4) is 0 Å². The molecule has 0 bridgehead atoms. The molecule has 1 unspecified atom stereocenters. The smallest absolute Gasteiger partial charge is 0.0406 e. The zero-order chi connectivity index (χ0) is 13.6. The first kappa shape index (κ1) is 15.5. The fourth-order valence-electron chi connectivity index (χ4n) is 2.00. The van der Waals surface area contributed by atoms with Crippen LogP contribution in [0.5, 0.6) is 0 Å². The number of hydrogen-bond donors (Lipinski definition) is 1. The van der Waals surface area contributed by atoms with Gasteiger partial charge in [0.25, 0.3) is 0 Å². The second kappa shape index (κ2) is 7.16. The molecule has 0 amide bonds. The van der Waals surface area contributed by atoms with Gasteiger partial charge >= 0.3 is 0 Å². The molecule has 1 aromatic carbocycles. The van der Waals surface area contributed by atoms with Crippen LogP contribution in [0.4, 0.5) is 0 Å². The van der Waals surface area contributed by atoms with Crippen molar-refractivity contribution in [3.05, 3.63) is 34.9 Å². The van der Waals surface area contributed by atoms with Crippen molar-refractivity contribution in [3.63, 3.8) is 0 Å². The van der Waals surface area contributed by atoms with Gasteiger partial charge in [0.05, 0.1) is 0 Å². The van der Waals surface area contributed by atoms with E-state index in [9.17, 15) is 0 Å². The van der Waals surface area contributed by atoms with Crippen LogP contribution in [0.1, 0.15) is 58.4 Å². The molecule has 0 saturated carbocycles. The molecule has 0 fully saturated rings. The van der Waals surface area contributed by atoms with Crippen molar-refractivity contribution in [2.45, 2.75) is 58.4 Å². The fourth-order valence-corrected chi connectivity index (χ4v) is 2.13. The Hall–Kier alpha value is -0.530. The van der Waals surface area contributed by atoms with Crippen LogP contribution in [0, 0.1) is 0 Å². The molecule has 0 saturated heterocycles. The van der Waals surface area contributed by atoms with Crippen LogP contribution in [-0.4, -0.2) is 12.1 Å². The SMILES string of the molecule is CCCCC(CNC(C)(C)C)c1ccc(Cl)cc1. The van der Waals surface area contributed by atoms with Gasteiger partial charge in [-0.3, -0.25) is 0 Å². The van der Waals surface area contributed by atoms with Crippen molar-refractivity contribution in [3.8, 4) is 0 Å². The second-order valence-corrected chi connectivity index (χ2v) is 6.46. The van der Waals surface area contributed by atoms with E-state index in [1.807, 2.05) is 12.1 Å². The van der Waals surface area contributed by atoms with Crippen molar-refractivity contribution in [1.29, 1.82) is 0 Å². The Kier molecular flexibility index (Phi) is 6.17. The second-order valence-electron chi connectivity index (χ2n) is 6.02. The summed E-state index contributed by atoms with van der Waals surface area (Å²) in [5.41, 5.74) is 1.57. The summed E-state index contributed by atoms with van der Waals surface area (Å²) in [6, 6.07) is 8.31. The average molecular weight is 268 g/mol. The molecule has 0 aliphatic rings. The lowest BCUT2D eigenvalue weighted by Crippen LogP contribution is -2.38. The lowest BCUT2D eigenvalue weighted by Gasteiger charge is -2.25. The van der Waals surface area contributed by atoms with Gasteiger partial charge in [0.1, 0.15) is 0 Å². The molecule has 1 N–H and O–H groups in total. The summed E-state index contributed by atoms with van der Waals surface area (Å²) in [7, 11) is 0. The Morgan fingerprint density at radius 3 is 2.28 bits per heavy atom. The van der Waals surface area contributed by atoms with Gasteiger partial charge < -0.3 is 5.32 Å². The van der Waals surface area contributed by atoms with Crippen LogP contribution in [-0.2, 0) is 0 Å². The van der Waals surface area contributed by atoms with E-state index in [2.05, 4.69) is 45.1 Å². The Balaban J connectivity index is 2.68. The molecule has 102 valence electrons. The maximum Gasteiger partial charge on any atom is 0.0406 e. The van der Waals surface area contributed by atoms with Gasteiger partial charge in [0.15, 0.2) is 0 Å². The number of unbranched alkanes of at least 4 members (excludes halogenated alkanes) is 1. The number of rotatable bonds is 6. The molecule has 1 nitrogen and oxygen atoms in total. The Morgan fingerprint density at radius 1 is 1.17 bits per heavy atom. The maximum atomic E-state index is 5.95. The third kappa shape index (κ3) is 5.88. The Bertz CT molecular complexity index is 337. The molecule has 0 heterocycles.